The maximum Gasteiger partial charge on any atom is 0.129 e. The van der Waals surface area contributed by atoms with Crippen molar-refractivity contribution in [2.75, 3.05) is 7.11 Å². The van der Waals surface area contributed by atoms with Gasteiger partial charge in [0.05, 0.1) is 5.60 Å². The summed E-state index contributed by atoms with van der Waals surface area (Å²) in [6.45, 7) is 4.91. The predicted molar refractivity (Wildman–Crippen MR) is 84.7 cm³/mol. The number of rotatable bonds is 5. The van der Waals surface area contributed by atoms with E-state index in [4.69, 9.17) is 9.47 Å². The molecular formula is C19H22O2. The second kappa shape index (κ2) is 5.53. The van der Waals surface area contributed by atoms with Crippen LogP contribution in [-0.4, -0.2) is 7.11 Å². The highest BCUT2D eigenvalue weighted by atomic mass is 16.5. The van der Waals surface area contributed by atoms with Crippen molar-refractivity contribution in [2.24, 2.45) is 0 Å². The zero-order valence-electron chi connectivity index (χ0n) is 13.0. The zero-order chi connectivity index (χ0) is 14.9. The Morgan fingerprint density at radius 2 is 1.86 bits per heavy atom. The summed E-state index contributed by atoms with van der Waals surface area (Å²) in [4.78, 5) is 0. The summed E-state index contributed by atoms with van der Waals surface area (Å²) in [5, 5.41) is 0. The SMILES string of the molecule is CCc1ccc2c(c1OCc1ccccc1)C(C)(OC)C2. The monoisotopic (exact) mass is 282 g/mol. The molecule has 1 aliphatic rings. The molecule has 1 aliphatic carbocycles. The van der Waals surface area contributed by atoms with E-state index in [1.54, 1.807) is 7.11 Å². The van der Waals surface area contributed by atoms with Crippen molar-refractivity contribution < 1.29 is 9.47 Å². The van der Waals surface area contributed by atoms with Gasteiger partial charge in [-0.05, 0) is 30.0 Å². The van der Waals surface area contributed by atoms with Crippen molar-refractivity contribution in [1.82, 2.24) is 0 Å². The van der Waals surface area contributed by atoms with Crippen molar-refractivity contribution >= 4 is 0 Å². The van der Waals surface area contributed by atoms with Crippen LogP contribution < -0.4 is 4.74 Å². The molecule has 1 unspecified atom stereocenters. The first-order valence-corrected chi connectivity index (χ1v) is 7.55. The van der Waals surface area contributed by atoms with Crippen LogP contribution in [0.1, 0.15) is 36.1 Å². The lowest BCUT2D eigenvalue weighted by Gasteiger charge is -2.41. The third-order valence-electron chi connectivity index (χ3n) is 4.44. The van der Waals surface area contributed by atoms with Crippen LogP contribution in [-0.2, 0) is 29.8 Å². The van der Waals surface area contributed by atoms with Gasteiger partial charge in [0.2, 0.25) is 0 Å². The zero-order valence-corrected chi connectivity index (χ0v) is 13.0. The molecular weight excluding hydrogens is 260 g/mol. The second-order valence-electron chi connectivity index (χ2n) is 5.83. The normalized spacial score (nSPS) is 19.8. The van der Waals surface area contributed by atoms with Crippen molar-refractivity contribution in [2.45, 2.75) is 38.9 Å². The van der Waals surface area contributed by atoms with Crippen LogP contribution in [0.15, 0.2) is 42.5 Å². The van der Waals surface area contributed by atoms with Crippen LogP contribution in [0.5, 0.6) is 5.75 Å². The van der Waals surface area contributed by atoms with Crippen LogP contribution in [0.25, 0.3) is 0 Å². The van der Waals surface area contributed by atoms with Crippen LogP contribution in [0.4, 0.5) is 0 Å². The first-order chi connectivity index (χ1) is 10.2. The average molecular weight is 282 g/mol. The second-order valence-corrected chi connectivity index (χ2v) is 5.83. The summed E-state index contributed by atoms with van der Waals surface area (Å²) in [7, 11) is 1.78. The molecule has 0 bridgehead atoms. The van der Waals surface area contributed by atoms with Gasteiger partial charge in [-0.15, -0.1) is 0 Å². The van der Waals surface area contributed by atoms with E-state index in [2.05, 4.69) is 38.1 Å². The lowest BCUT2D eigenvalue weighted by molar-refractivity contribution is -0.0211. The van der Waals surface area contributed by atoms with E-state index in [1.807, 2.05) is 18.2 Å². The Morgan fingerprint density at radius 3 is 2.52 bits per heavy atom. The van der Waals surface area contributed by atoms with Crippen LogP contribution in [0.2, 0.25) is 0 Å². The van der Waals surface area contributed by atoms with Gasteiger partial charge in [-0.2, -0.15) is 0 Å². The van der Waals surface area contributed by atoms with Gasteiger partial charge in [-0.1, -0.05) is 49.4 Å². The van der Waals surface area contributed by atoms with Gasteiger partial charge >= 0.3 is 0 Å². The van der Waals surface area contributed by atoms with Crippen molar-refractivity contribution in [3.05, 3.63) is 64.7 Å². The fourth-order valence-corrected chi connectivity index (χ4v) is 3.09. The quantitative estimate of drug-likeness (QED) is 0.816. The molecule has 0 amide bonds. The standard InChI is InChI=1S/C19H22O2/c1-4-15-10-11-16-12-19(2,20-3)17(16)18(15)21-13-14-8-6-5-7-9-14/h5-11H,4,12-13H2,1-3H3. The number of hydrogen-bond donors (Lipinski definition) is 0. The van der Waals surface area contributed by atoms with Crippen molar-refractivity contribution in [3.8, 4) is 5.75 Å². The minimum Gasteiger partial charge on any atom is -0.488 e. The largest absolute Gasteiger partial charge is 0.488 e. The molecule has 0 aromatic heterocycles. The Morgan fingerprint density at radius 1 is 1.10 bits per heavy atom. The van der Waals surface area contributed by atoms with Gasteiger partial charge < -0.3 is 9.47 Å². The molecule has 2 aromatic carbocycles. The Balaban J connectivity index is 1.92. The van der Waals surface area contributed by atoms with E-state index in [1.165, 1.54) is 22.3 Å². The third kappa shape index (κ3) is 2.44. The third-order valence-corrected chi connectivity index (χ3v) is 4.44. The first-order valence-electron chi connectivity index (χ1n) is 7.55. The van der Waals surface area contributed by atoms with Crippen LogP contribution in [0.3, 0.4) is 0 Å². The molecule has 3 rings (SSSR count). The summed E-state index contributed by atoms with van der Waals surface area (Å²) in [6, 6.07) is 14.7. The van der Waals surface area contributed by atoms with E-state index in [0.29, 0.717) is 6.61 Å². The summed E-state index contributed by atoms with van der Waals surface area (Å²) < 4.78 is 11.9. The molecule has 0 saturated heterocycles. The van der Waals surface area contributed by atoms with Gasteiger partial charge in [0.1, 0.15) is 12.4 Å². The molecule has 0 spiro atoms. The molecule has 0 heterocycles. The van der Waals surface area contributed by atoms with Crippen LogP contribution in [0, 0.1) is 0 Å². The Bertz CT molecular complexity index is 634. The summed E-state index contributed by atoms with van der Waals surface area (Å²) in [5.41, 5.74) is 4.83. The lowest BCUT2D eigenvalue weighted by Crippen LogP contribution is -2.38. The van der Waals surface area contributed by atoms with E-state index in [-0.39, 0.29) is 5.60 Å². The molecule has 21 heavy (non-hydrogen) atoms. The molecule has 0 saturated carbocycles. The number of benzene rings is 2. The number of ether oxygens (including phenoxy) is 2. The van der Waals surface area contributed by atoms with Gasteiger partial charge in [0.25, 0.3) is 0 Å². The van der Waals surface area contributed by atoms with Crippen LogP contribution >= 0.6 is 0 Å². The number of aryl methyl sites for hydroxylation is 1. The molecule has 0 fully saturated rings. The maximum atomic E-state index is 6.19. The fourth-order valence-electron chi connectivity index (χ4n) is 3.09. The Kier molecular flexibility index (Phi) is 3.73. The molecule has 110 valence electrons. The number of hydrogen-bond acceptors (Lipinski definition) is 2. The number of fused-ring (bicyclic) bond motifs is 1. The van der Waals surface area contributed by atoms with E-state index >= 15 is 0 Å². The van der Waals surface area contributed by atoms with Gasteiger partial charge in [0.15, 0.2) is 0 Å². The smallest absolute Gasteiger partial charge is 0.129 e. The lowest BCUT2D eigenvalue weighted by atomic mass is 9.73. The van der Waals surface area contributed by atoms with E-state index in [9.17, 15) is 0 Å². The molecule has 0 radical (unpaired) electrons. The van der Waals surface area contributed by atoms with Crippen molar-refractivity contribution in [1.29, 1.82) is 0 Å². The summed E-state index contributed by atoms with van der Waals surface area (Å²) in [5.74, 6) is 1.02. The highest BCUT2D eigenvalue weighted by Crippen LogP contribution is 2.48. The highest BCUT2D eigenvalue weighted by molar-refractivity contribution is 5.56. The molecule has 2 heteroatoms. The topological polar surface area (TPSA) is 18.5 Å². The highest BCUT2D eigenvalue weighted by Gasteiger charge is 2.42. The molecule has 2 nitrogen and oxygen atoms in total. The summed E-state index contributed by atoms with van der Waals surface area (Å²) >= 11 is 0. The number of methoxy groups -OCH3 is 1. The Hall–Kier alpha value is -1.80. The van der Waals surface area contributed by atoms with Gasteiger partial charge in [0, 0.05) is 19.1 Å². The van der Waals surface area contributed by atoms with Gasteiger partial charge in [-0.25, -0.2) is 0 Å². The minimum atomic E-state index is -0.202. The van der Waals surface area contributed by atoms with E-state index < -0.39 is 0 Å². The van der Waals surface area contributed by atoms with E-state index in [0.717, 1.165) is 18.6 Å². The predicted octanol–water partition coefficient (Wildman–Crippen LogP) is 4.25. The minimum absolute atomic E-state index is 0.202. The molecule has 1 atom stereocenters. The molecule has 0 N–H and O–H groups in total. The molecule has 0 aliphatic heterocycles. The maximum absolute atomic E-state index is 6.19. The first kappa shape index (κ1) is 14.2. The van der Waals surface area contributed by atoms with Gasteiger partial charge in [-0.3, -0.25) is 0 Å². The summed E-state index contributed by atoms with van der Waals surface area (Å²) in [6.07, 6.45) is 1.93. The Labute approximate surface area is 126 Å². The molecule has 2 aromatic rings. The average Bonchev–Trinajstić information content (AvgIpc) is 2.52. The van der Waals surface area contributed by atoms with Crippen molar-refractivity contribution in [3.63, 3.8) is 0 Å². The fraction of sp³-hybridized carbons (Fsp3) is 0.368.